The van der Waals surface area contributed by atoms with Gasteiger partial charge in [-0.05, 0) is 81.1 Å². The topological polar surface area (TPSA) is 43.4 Å². The predicted molar refractivity (Wildman–Crippen MR) is 141 cm³/mol. The number of esters is 1. The number of carbonyl (C=O) groups excluding carboxylic acids is 2. The van der Waals surface area contributed by atoms with Gasteiger partial charge in [0.25, 0.3) is 0 Å². The Morgan fingerprint density at radius 3 is 2.57 bits per heavy atom. The van der Waals surface area contributed by atoms with E-state index < -0.39 is 5.60 Å². The first-order chi connectivity index (χ1) is 16.9. The van der Waals surface area contributed by atoms with Crippen LogP contribution in [0.4, 0.5) is 0 Å². The summed E-state index contributed by atoms with van der Waals surface area (Å²) >= 11 is 0. The average molecular weight is 479 g/mol. The normalized spacial score (nSPS) is 36.0. The van der Waals surface area contributed by atoms with Crippen LogP contribution in [-0.4, -0.2) is 17.4 Å². The molecule has 35 heavy (non-hydrogen) atoms. The maximum Gasteiger partial charge on any atom is 0.307 e. The van der Waals surface area contributed by atoms with E-state index in [1.807, 2.05) is 6.08 Å². The summed E-state index contributed by atoms with van der Waals surface area (Å²) in [6.07, 6.45) is 24.2. The van der Waals surface area contributed by atoms with Crippen LogP contribution >= 0.6 is 0 Å². The van der Waals surface area contributed by atoms with Gasteiger partial charge in [-0.15, -0.1) is 6.42 Å². The number of hydrogen-bond donors (Lipinski definition) is 0. The predicted octanol–water partition coefficient (Wildman–Crippen LogP) is 7.74. The minimum atomic E-state index is -0.808. The molecule has 0 aromatic heterocycles. The number of hydrogen-bond acceptors (Lipinski definition) is 3. The molecule has 4 aliphatic rings. The van der Waals surface area contributed by atoms with E-state index in [9.17, 15) is 9.59 Å². The molecule has 0 bridgehead atoms. The summed E-state index contributed by atoms with van der Waals surface area (Å²) < 4.78 is 6.33. The van der Waals surface area contributed by atoms with Crippen molar-refractivity contribution in [2.45, 2.75) is 122 Å². The number of rotatable bonds is 10. The van der Waals surface area contributed by atoms with Crippen molar-refractivity contribution in [3.05, 3.63) is 23.8 Å². The molecule has 0 aromatic rings. The molecule has 0 heterocycles. The lowest BCUT2D eigenvalue weighted by Gasteiger charge is -2.57. The summed E-state index contributed by atoms with van der Waals surface area (Å²) in [5.74, 6) is 5.15. The Labute approximate surface area is 213 Å². The van der Waals surface area contributed by atoms with Gasteiger partial charge < -0.3 is 4.74 Å². The van der Waals surface area contributed by atoms with Gasteiger partial charge in [-0.3, -0.25) is 9.59 Å². The first-order valence-electron chi connectivity index (χ1n) is 14.5. The highest BCUT2D eigenvalue weighted by Crippen LogP contribution is 2.68. The van der Waals surface area contributed by atoms with Gasteiger partial charge in [0.05, 0.1) is 0 Å². The van der Waals surface area contributed by atoms with Gasteiger partial charge in [0.1, 0.15) is 0 Å². The maximum atomic E-state index is 13.0. The summed E-state index contributed by atoms with van der Waals surface area (Å²) in [6, 6.07) is 0. The Morgan fingerprint density at radius 2 is 1.86 bits per heavy atom. The van der Waals surface area contributed by atoms with Gasteiger partial charge in [-0.1, -0.05) is 76.0 Å². The standard InChI is InChI=1S/C32H46O3/c1-5-8-9-10-11-12-13-14-29(34)35-32(7-3)20-19-28-27-17-15-24-21-25(33)16-18-26(24)30(27)23(4)22-31(28,32)6-2/h3,21,26-28,30H,4-6,8-20,22H2,1-2H3/t26-,27-,28-,30+,31-,32-/m0/s1. The Morgan fingerprint density at radius 1 is 1.11 bits per heavy atom. The SMILES string of the molecule is C#C[C@]1(OC(=O)CCCCCCCCC)CC[C@H]2[C@@H]3CCC4=CC(=O)CC[C@@H]4[C@H]3C(=C)C[C@@]21CC. The van der Waals surface area contributed by atoms with Crippen molar-refractivity contribution in [3.63, 3.8) is 0 Å². The molecule has 0 radical (unpaired) electrons. The molecule has 0 aliphatic heterocycles. The highest BCUT2D eigenvalue weighted by atomic mass is 16.6. The summed E-state index contributed by atoms with van der Waals surface area (Å²) in [7, 11) is 0. The monoisotopic (exact) mass is 478 g/mol. The molecule has 3 heteroatoms. The lowest BCUT2D eigenvalue weighted by molar-refractivity contribution is -0.170. The molecule has 3 nitrogen and oxygen atoms in total. The average Bonchev–Trinajstić information content (AvgIpc) is 3.17. The van der Waals surface area contributed by atoms with E-state index in [-0.39, 0.29) is 11.4 Å². The van der Waals surface area contributed by atoms with Crippen LogP contribution in [0.25, 0.3) is 0 Å². The second kappa shape index (κ2) is 11.1. The molecule has 6 atom stereocenters. The lowest BCUT2D eigenvalue weighted by Crippen LogP contribution is -2.55. The smallest absolute Gasteiger partial charge is 0.307 e. The minimum Gasteiger partial charge on any atom is -0.445 e. The summed E-state index contributed by atoms with van der Waals surface area (Å²) in [5.41, 5.74) is 1.62. The van der Waals surface area contributed by atoms with Crippen molar-refractivity contribution in [2.24, 2.45) is 29.1 Å². The first-order valence-corrected chi connectivity index (χ1v) is 14.5. The van der Waals surface area contributed by atoms with Crippen LogP contribution in [0.1, 0.15) is 117 Å². The number of carbonyl (C=O) groups is 2. The van der Waals surface area contributed by atoms with Crippen molar-refractivity contribution in [1.82, 2.24) is 0 Å². The van der Waals surface area contributed by atoms with Crippen molar-refractivity contribution in [1.29, 1.82) is 0 Å². The van der Waals surface area contributed by atoms with E-state index in [4.69, 9.17) is 11.2 Å². The molecule has 0 unspecified atom stereocenters. The fraction of sp³-hybridized carbons (Fsp3) is 0.750. The van der Waals surface area contributed by atoms with Gasteiger partial charge in [0.2, 0.25) is 0 Å². The fourth-order valence-electron chi connectivity index (χ4n) is 8.53. The van der Waals surface area contributed by atoms with E-state index in [2.05, 4.69) is 26.3 Å². The highest BCUT2D eigenvalue weighted by Gasteiger charge is 2.66. The van der Waals surface area contributed by atoms with Gasteiger partial charge in [0, 0.05) is 18.3 Å². The Balaban J connectivity index is 1.45. The largest absolute Gasteiger partial charge is 0.445 e. The number of ether oxygens (including phenoxy) is 1. The third kappa shape index (κ3) is 4.80. The molecule has 4 aliphatic carbocycles. The molecular weight excluding hydrogens is 432 g/mol. The Kier molecular flexibility index (Phi) is 8.30. The molecule has 3 fully saturated rings. The molecular formula is C32H46O3. The Hall–Kier alpha value is -1.82. The highest BCUT2D eigenvalue weighted by molar-refractivity contribution is 5.91. The van der Waals surface area contributed by atoms with Crippen LogP contribution in [0.2, 0.25) is 0 Å². The molecule has 0 spiro atoms. The molecule has 192 valence electrons. The lowest BCUT2D eigenvalue weighted by atomic mass is 9.48. The summed E-state index contributed by atoms with van der Waals surface area (Å²) in [4.78, 5) is 25.1. The second-order valence-corrected chi connectivity index (χ2v) is 11.9. The van der Waals surface area contributed by atoms with Gasteiger partial charge in [-0.2, -0.15) is 0 Å². The molecule has 0 amide bonds. The maximum absolute atomic E-state index is 13.0. The number of fused-ring (bicyclic) bond motifs is 5. The van der Waals surface area contributed by atoms with E-state index >= 15 is 0 Å². The molecule has 0 saturated heterocycles. The molecule has 3 saturated carbocycles. The van der Waals surface area contributed by atoms with E-state index in [0.29, 0.717) is 42.3 Å². The first kappa shape index (κ1) is 26.2. The number of ketones is 1. The quantitative estimate of drug-likeness (QED) is 0.140. The van der Waals surface area contributed by atoms with E-state index in [0.717, 1.165) is 57.8 Å². The van der Waals surface area contributed by atoms with Crippen LogP contribution in [0.3, 0.4) is 0 Å². The van der Waals surface area contributed by atoms with Crippen LogP contribution < -0.4 is 0 Å². The van der Waals surface area contributed by atoms with Gasteiger partial charge >= 0.3 is 5.97 Å². The Bertz CT molecular complexity index is 891. The van der Waals surface area contributed by atoms with Gasteiger partial charge in [0.15, 0.2) is 11.4 Å². The van der Waals surface area contributed by atoms with E-state index in [1.165, 1.54) is 43.3 Å². The number of unbranched alkanes of at least 4 members (excludes halogenated alkanes) is 6. The van der Waals surface area contributed by atoms with Crippen molar-refractivity contribution < 1.29 is 14.3 Å². The van der Waals surface area contributed by atoms with Crippen LogP contribution in [0.5, 0.6) is 0 Å². The number of terminal acetylenes is 1. The zero-order valence-electron chi connectivity index (χ0n) is 22.2. The van der Waals surface area contributed by atoms with Crippen molar-refractivity contribution in [3.8, 4) is 12.3 Å². The molecule has 4 rings (SSSR count). The van der Waals surface area contributed by atoms with Crippen LogP contribution in [0.15, 0.2) is 23.8 Å². The van der Waals surface area contributed by atoms with Crippen LogP contribution in [0, 0.1) is 41.4 Å². The molecule has 0 aromatic carbocycles. The zero-order valence-corrected chi connectivity index (χ0v) is 22.2. The van der Waals surface area contributed by atoms with Crippen molar-refractivity contribution in [2.75, 3.05) is 0 Å². The second-order valence-electron chi connectivity index (χ2n) is 11.9. The molecule has 0 N–H and O–H groups in total. The third-order valence-electron chi connectivity index (χ3n) is 10.2. The summed E-state index contributed by atoms with van der Waals surface area (Å²) in [5, 5.41) is 0. The zero-order chi connectivity index (χ0) is 25.1. The van der Waals surface area contributed by atoms with Crippen molar-refractivity contribution >= 4 is 11.8 Å². The summed E-state index contributed by atoms with van der Waals surface area (Å²) in [6.45, 7) is 9.08. The number of allylic oxidation sites excluding steroid dienone is 2. The third-order valence-corrected chi connectivity index (χ3v) is 10.2. The van der Waals surface area contributed by atoms with Crippen LogP contribution in [-0.2, 0) is 14.3 Å². The fourth-order valence-corrected chi connectivity index (χ4v) is 8.53. The minimum absolute atomic E-state index is 0.114. The van der Waals surface area contributed by atoms with Gasteiger partial charge in [-0.25, -0.2) is 0 Å². The van der Waals surface area contributed by atoms with E-state index in [1.54, 1.807) is 0 Å².